The first-order valence-electron chi connectivity index (χ1n) is 21.9. The Morgan fingerprint density at radius 3 is 1.31 bits per heavy atom. The molecule has 1 aliphatic carbocycles. The Morgan fingerprint density at radius 1 is 0.408 bits per heavy atom. The van der Waals surface area contributed by atoms with Crippen molar-refractivity contribution in [2.45, 2.75) is 202 Å². The lowest BCUT2D eigenvalue weighted by Crippen LogP contribution is -2.25. The second-order valence-electron chi connectivity index (χ2n) is 18.1. The van der Waals surface area contributed by atoms with E-state index < -0.39 is 0 Å². The van der Waals surface area contributed by atoms with Crippen LogP contribution >= 0.6 is 0 Å². The number of unbranched alkanes of at least 4 members (excludes halogenated alkanes) is 5. The average Bonchev–Trinajstić information content (AvgIpc) is 3.36. The van der Waals surface area contributed by atoms with Crippen molar-refractivity contribution >= 4 is 0 Å². The molecule has 0 bridgehead atoms. The van der Waals surface area contributed by atoms with Crippen LogP contribution in [0, 0.1) is 35.5 Å². The molecule has 0 spiro atoms. The fraction of sp³-hybridized carbons (Fsp3) is 0.755. The molecule has 0 nitrogen and oxygen atoms in total. The van der Waals surface area contributed by atoms with Crippen LogP contribution in [0.2, 0.25) is 0 Å². The Labute approximate surface area is 307 Å². The summed E-state index contributed by atoms with van der Waals surface area (Å²) in [7, 11) is 0. The van der Waals surface area contributed by atoms with Gasteiger partial charge < -0.3 is 0 Å². The van der Waals surface area contributed by atoms with Crippen molar-refractivity contribution in [3.8, 4) is 11.1 Å². The summed E-state index contributed by atoms with van der Waals surface area (Å²) in [4.78, 5) is 0. The minimum atomic E-state index is 0.210. The molecular weight excluding hydrogens is 589 g/mol. The summed E-state index contributed by atoms with van der Waals surface area (Å²) in [6.07, 6.45) is 30.8. The summed E-state index contributed by atoms with van der Waals surface area (Å²) >= 11 is 0. The van der Waals surface area contributed by atoms with E-state index in [1.165, 1.54) is 152 Å². The fourth-order valence-corrected chi connectivity index (χ4v) is 9.21. The molecule has 0 radical (unpaired) electrons. The molecule has 3 rings (SSSR count). The van der Waals surface area contributed by atoms with Crippen molar-refractivity contribution in [3.05, 3.63) is 59.7 Å². The van der Waals surface area contributed by atoms with Gasteiger partial charge in [-0.25, -0.2) is 0 Å². The number of benzene rings is 2. The van der Waals surface area contributed by atoms with Crippen molar-refractivity contribution in [2.24, 2.45) is 35.5 Å². The van der Waals surface area contributed by atoms with Gasteiger partial charge in [0.05, 0.1) is 0 Å². The molecule has 4 unspecified atom stereocenters. The molecule has 0 amide bonds. The number of hydrogen-bond acceptors (Lipinski definition) is 0. The smallest absolute Gasteiger partial charge is 0.0215 e. The van der Waals surface area contributed by atoms with E-state index in [9.17, 15) is 0 Å². The second-order valence-corrected chi connectivity index (χ2v) is 18.1. The van der Waals surface area contributed by atoms with Gasteiger partial charge >= 0.3 is 0 Å². The van der Waals surface area contributed by atoms with Crippen LogP contribution in [-0.2, 0) is 5.41 Å². The Hall–Kier alpha value is -1.56. The first-order valence-corrected chi connectivity index (χ1v) is 21.9. The lowest BCUT2D eigenvalue weighted by atomic mass is 9.70. The molecule has 0 aliphatic heterocycles. The maximum Gasteiger partial charge on any atom is 0.0215 e. The van der Waals surface area contributed by atoms with Crippen molar-refractivity contribution in [3.63, 3.8) is 0 Å². The maximum absolute atomic E-state index is 2.51. The van der Waals surface area contributed by atoms with Gasteiger partial charge in [0.2, 0.25) is 0 Å². The van der Waals surface area contributed by atoms with Gasteiger partial charge in [-0.15, -0.1) is 0 Å². The van der Waals surface area contributed by atoms with E-state index in [-0.39, 0.29) is 5.41 Å². The number of rotatable bonds is 28. The van der Waals surface area contributed by atoms with Crippen LogP contribution < -0.4 is 0 Å². The molecule has 49 heavy (non-hydrogen) atoms. The lowest BCUT2D eigenvalue weighted by molar-refractivity contribution is 0.343. The molecular formula is C49H82. The van der Waals surface area contributed by atoms with Crippen LogP contribution in [0.5, 0.6) is 0 Å². The minimum Gasteiger partial charge on any atom is -0.0651 e. The van der Waals surface area contributed by atoms with Crippen molar-refractivity contribution in [2.75, 3.05) is 0 Å². The van der Waals surface area contributed by atoms with Crippen LogP contribution in [0.25, 0.3) is 11.1 Å². The van der Waals surface area contributed by atoms with E-state index in [0.717, 1.165) is 35.5 Å². The highest BCUT2D eigenvalue weighted by Crippen LogP contribution is 2.54. The van der Waals surface area contributed by atoms with Gasteiger partial charge in [-0.3, -0.25) is 0 Å². The number of fused-ring (bicyclic) bond motifs is 3. The van der Waals surface area contributed by atoms with Crippen molar-refractivity contribution in [1.29, 1.82) is 0 Å². The molecule has 0 heterocycles. The third-order valence-electron chi connectivity index (χ3n) is 12.7. The zero-order valence-electron chi connectivity index (χ0n) is 34.1. The monoisotopic (exact) mass is 671 g/mol. The van der Waals surface area contributed by atoms with Gasteiger partial charge in [0.15, 0.2) is 0 Å². The highest BCUT2D eigenvalue weighted by atomic mass is 14.4. The average molecular weight is 671 g/mol. The molecule has 0 N–H and O–H groups in total. The quantitative estimate of drug-likeness (QED) is 0.0790. The van der Waals surface area contributed by atoms with Crippen LogP contribution in [0.1, 0.15) is 208 Å². The molecule has 1 aliphatic rings. The summed E-state index contributed by atoms with van der Waals surface area (Å²) in [6.45, 7) is 19.4. The van der Waals surface area contributed by atoms with E-state index in [0.29, 0.717) is 0 Å². The molecule has 0 saturated heterocycles. The first-order chi connectivity index (χ1) is 23.7. The third-order valence-corrected chi connectivity index (χ3v) is 12.7. The van der Waals surface area contributed by atoms with Gasteiger partial charge in [-0.2, -0.15) is 0 Å². The van der Waals surface area contributed by atoms with Gasteiger partial charge in [-0.05, 0) is 70.6 Å². The van der Waals surface area contributed by atoms with Crippen LogP contribution in [0.15, 0.2) is 48.5 Å². The van der Waals surface area contributed by atoms with Crippen molar-refractivity contribution < 1.29 is 0 Å². The van der Waals surface area contributed by atoms with Gasteiger partial charge in [0.1, 0.15) is 0 Å². The summed E-state index contributed by atoms with van der Waals surface area (Å²) < 4.78 is 0. The van der Waals surface area contributed by atoms with Gasteiger partial charge in [0, 0.05) is 5.41 Å². The number of hydrogen-bond donors (Lipinski definition) is 0. The van der Waals surface area contributed by atoms with Crippen LogP contribution in [0.3, 0.4) is 0 Å². The zero-order chi connectivity index (χ0) is 35.5. The van der Waals surface area contributed by atoms with E-state index in [4.69, 9.17) is 0 Å². The van der Waals surface area contributed by atoms with Gasteiger partial charge in [0.25, 0.3) is 0 Å². The molecule has 2 aromatic rings. The molecule has 2 aromatic carbocycles. The van der Waals surface area contributed by atoms with E-state index in [2.05, 4.69) is 104 Å². The molecule has 0 heteroatoms. The van der Waals surface area contributed by atoms with Crippen LogP contribution in [0.4, 0.5) is 0 Å². The zero-order valence-corrected chi connectivity index (χ0v) is 34.1. The topological polar surface area (TPSA) is 0 Å². The first kappa shape index (κ1) is 41.9. The third kappa shape index (κ3) is 14.5. The Morgan fingerprint density at radius 2 is 0.816 bits per heavy atom. The van der Waals surface area contributed by atoms with E-state index in [1.54, 1.807) is 11.1 Å². The normalized spacial score (nSPS) is 16.1. The molecule has 278 valence electrons. The molecule has 0 fully saturated rings. The molecule has 4 atom stereocenters. The molecule has 0 saturated carbocycles. The highest BCUT2D eigenvalue weighted by molar-refractivity contribution is 5.80. The fourth-order valence-electron chi connectivity index (χ4n) is 9.21. The highest BCUT2D eigenvalue weighted by Gasteiger charge is 2.41. The predicted octanol–water partition coefficient (Wildman–Crippen LogP) is 16.4. The summed E-state index contributed by atoms with van der Waals surface area (Å²) in [5.41, 5.74) is 6.50. The SMILES string of the molecule is CCC(CCCCCC1(CCCCCCC(C)CCC(C)CCCC(C)C)c2ccccc2-c2ccccc21)CCC(C)CCCC(C)C. The largest absolute Gasteiger partial charge is 0.0651 e. The van der Waals surface area contributed by atoms with E-state index in [1.807, 2.05) is 0 Å². The standard InChI is InChI=1S/C49H82/c1-9-44(36-35-43(8)27-22-24-40(4)5)28-14-12-20-38-49(47-31-17-15-29-45(47)46-30-16-18-32-48(46)49)37-19-11-10-13-25-41(6)33-34-42(7)26-21-23-39(2)3/h15-18,29-32,39-44H,9-14,19-28,33-38H2,1-8H3. The second kappa shape index (κ2) is 23.1. The Kier molecular flexibility index (Phi) is 19.7. The van der Waals surface area contributed by atoms with E-state index >= 15 is 0 Å². The minimum absolute atomic E-state index is 0.210. The predicted molar refractivity (Wildman–Crippen MR) is 221 cm³/mol. The summed E-state index contributed by atoms with van der Waals surface area (Å²) in [5, 5.41) is 0. The summed E-state index contributed by atoms with van der Waals surface area (Å²) in [6, 6.07) is 18.9. The Bertz CT molecular complexity index is 1080. The van der Waals surface area contributed by atoms with Crippen molar-refractivity contribution in [1.82, 2.24) is 0 Å². The van der Waals surface area contributed by atoms with Crippen LogP contribution in [-0.4, -0.2) is 0 Å². The lowest BCUT2D eigenvalue weighted by Gasteiger charge is -2.33. The Balaban J connectivity index is 1.46. The molecule has 0 aromatic heterocycles. The maximum atomic E-state index is 2.51. The summed E-state index contributed by atoms with van der Waals surface area (Å²) in [5.74, 6) is 5.33. The van der Waals surface area contributed by atoms with Gasteiger partial charge in [-0.1, -0.05) is 232 Å².